The first-order valence-corrected chi connectivity index (χ1v) is 17.9. The molecule has 0 saturated heterocycles. The van der Waals surface area contributed by atoms with Crippen LogP contribution in [0.25, 0.3) is 67.2 Å². The minimum atomic E-state index is -0.459. The zero-order chi connectivity index (χ0) is 35.0. The van der Waals surface area contributed by atoms with E-state index in [-0.39, 0.29) is 0 Å². The number of pyridine rings is 1. The largest absolute Gasteiger partial charge is 0.256 e. The summed E-state index contributed by atoms with van der Waals surface area (Å²) < 4.78 is 0. The molecule has 2 aliphatic carbocycles. The van der Waals surface area contributed by atoms with Crippen molar-refractivity contribution in [3.8, 4) is 67.2 Å². The molecule has 0 amide bonds. The molecule has 2 aromatic heterocycles. The van der Waals surface area contributed by atoms with Gasteiger partial charge in [-0.25, -0.2) is 9.97 Å². The fraction of sp³-hybridized carbons (Fsp3) is 0.0816. The van der Waals surface area contributed by atoms with Gasteiger partial charge >= 0.3 is 0 Å². The van der Waals surface area contributed by atoms with E-state index in [0.29, 0.717) is 0 Å². The molecule has 1 unspecified atom stereocenters. The van der Waals surface area contributed by atoms with E-state index in [2.05, 4.69) is 166 Å². The maximum Gasteiger partial charge on any atom is 0.126 e. The molecule has 8 aromatic rings. The van der Waals surface area contributed by atoms with Gasteiger partial charge in [-0.3, -0.25) is 4.98 Å². The van der Waals surface area contributed by atoms with Crippen LogP contribution in [0.3, 0.4) is 0 Å². The molecule has 2 aliphatic rings. The van der Waals surface area contributed by atoms with Crippen molar-refractivity contribution in [1.82, 2.24) is 15.0 Å². The van der Waals surface area contributed by atoms with Crippen LogP contribution in [0.1, 0.15) is 39.2 Å². The molecule has 3 heteroatoms. The third-order valence-electron chi connectivity index (χ3n) is 11.3. The molecule has 2 heterocycles. The van der Waals surface area contributed by atoms with Gasteiger partial charge in [0.05, 0.1) is 22.5 Å². The Morgan fingerprint density at radius 3 is 1.83 bits per heavy atom. The zero-order valence-electron chi connectivity index (χ0n) is 29.4. The van der Waals surface area contributed by atoms with Crippen molar-refractivity contribution < 1.29 is 0 Å². The summed E-state index contributed by atoms with van der Waals surface area (Å²) in [5, 5.41) is 0. The standard InChI is InChI=1S/C49H35N3/c1-30-26-27-50-48(31(30)2)36-24-25-43-40(28-36)37-14-7-9-17-41(37)49(43)42-18-10-8-15-38(42)47-39(16-11-19-44(47)49)46-29-45(51-32(3)52-46)35-22-20-34(21-23-35)33-12-5-4-6-13-33/h4-29H,1-3H3. The molecule has 246 valence electrons. The van der Waals surface area contributed by atoms with Crippen LogP contribution in [0.5, 0.6) is 0 Å². The van der Waals surface area contributed by atoms with Crippen LogP contribution in [0.2, 0.25) is 0 Å². The van der Waals surface area contributed by atoms with Gasteiger partial charge in [-0.2, -0.15) is 0 Å². The van der Waals surface area contributed by atoms with Crippen molar-refractivity contribution in [1.29, 1.82) is 0 Å². The molecule has 0 saturated carbocycles. The van der Waals surface area contributed by atoms with Crippen molar-refractivity contribution in [2.24, 2.45) is 0 Å². The van der Waals surface area contributed by atoms with E-state index in [1.807, 2.05) is 13.1 Å². The Labute approximate surface area is 304 Å². The topological polar surface area (TPSA) is 38.7 Å². The molecular weight excluding hydrogens is 631 g/mol. The summed E-state index contributed by atoms with van der Waals surface area (Å²) in [5.74, 6) is 0.752. The van der Waals surface area contributed by atoms with Gasteiger partial charge in [0.25, 0.3) is 0 Å². The number of benzene rings is 6. The molecule has 0 aliphatic heterocycles. The van der Waals surface area contributed by atoms with E-state index in [4.69, 9.17) is 15.0 Å². The molecule has 3 nitrogen and oxygen atoms in total. The lowest BCUT2D eigenvalue weighted by Gasteiger charge is -2.30. The smallest absolute Gasteiger partial charge is 0.126 e. The third-order valence-corrected chi connectivity index (χ3v) is 11.3. The summed E-state index contributed by atoms with van der Waals surface area (Å²) in [6, 6.07) is 55.2. The number of nitrogens with zero attached hydrogens (tertiary/aromatic N) is 3. The predicted molar refractivity (Wildman–Crippen MR) is 212 cm³/mol. The van der Waals surface area contributed by atoms with Gasteiger partial charge in [-0.05, 0) is 106 Å². The molecular formula is C49H35N3. The Morgan fingerprint density at radius 2 is 1.02 bits per heavy atom. The van der Waals surface area contributed by atoms with Crippen LogP contribution < -0.4 is 0 Å². The second kappa shape index (κ2) is 11.5. The first-order chi connectivity index (χ1) is 25.5. The Bertz CT molecular complexity index is 2710. The van der Waals surface area contributed by atoms with Crippen molar-refractivity contribution in [2.45, 2.75) is 26.2 Å². The van der Waals surface area contributed by atoms with Crippen LogP contribution in [-0.4, -0.2) is 15.0 Å². The first-order valence-electron chi connectivity index (χ1n) is 17.9. The monoisotopic (exact) mass is 665 g/mol. The maximum atomic E-state index is 5.09. The van der Waals surface area contributed by atoms with Crippen molar-refractivity contribution in [3.63, 3.8) is 0 Å². The first kappa shape index (κ1) is 30.4. The van der Waals surface area contributed by atoms with E-state index in [9.17, 15) is 0 Å². The van der Waals surface area contributed by atoms with Gasteiger partial charge in [0.15, 0.2) is 0 Å². The summed E-state index contributed by atoms with van der Waals surface area (Å²) in [6.07, 6.45) is 1.92. The molecule has 0 radical (unpaired) electrons. The molecule has 52 heavy (non-hydrogen) atoms. The summed E-state index contributed by atoms with van der Waals surface area (Å²) >= 11 is 0. The molecule has 0 N–H and O–H groups in total. The highest BCUT2D eigenvalue weighted by Gasteiger charge is 2.52. The van der Waals surface area contributed by atoms with Crippen molar-refractivity contribution >= 4 is 0 Å². The Morgan fingerprint density at radius 1 is 0.423 bits per heavy atom. The van der Waals surface area contributed by atoms with Crippen LogP contribution >= 0.6 is 0 Å². The number of hydrogen-bond acceptors (Lipinski definition) is 3. The third kappa shape index (κ3) is 4.36. The maximum absolute atomic E-state index is 5.09. The quantitative estimate of drug-likeness (QED) is 0.188. The molecule has 6 aromatic carbocycles. The Hall–Kier alpha value is -6.45. The second-order valence-corrected chi connectivity index (χ2v) is 14.1. The average molecular weight is 666 g/mol. The number of fused-ring (bicyclic) bond motifs is 10. The molecule has 1 atom stereocenters. The van der Waals surface area contributed by atoms with E-state index < -0.39 is 5.41 Å². The van der Waals surface area contributed by atoms with Crippen LogP contribution in [0.15, 0.2) is 158 Å². The number of aromatic nitrogens is 3. The predicted octanol–water partition coefficient (Wildman–Crippen LogP) is 11.8. The van der Waals surface area contributed by atoms with Crippen LogP contribution in [0.4, 0.5) is 0 Å². The minimum absolute atomic E-state index is 0.459. The number of rotatable bonds is 4. The van der Waals surface area contributed by atoms with Crippen LogP contribution in [-0.2, 0) is 5.41 Å². The minimum Gasteiger partial charge on any atom is -0.256 e. The highest BCUT2D eigenvalue weighted by molar-refractivity contribution is 6.00. The summed E-state index contributed by atoms with van der Waals surface area (Å²) in [7, 11) is 0. The SMILES string of the molecule is Cc1nc(-c2ccc(-c3ccccc3)cc2)cc(-c2cccc3c2-c2ccccc2C32c3ccccc3-c3cc(-c4nccc(C)c4C)ccc32)n1. The lowest BCUT2D eigenvalue weighted by atomic mass is 9.70. The van der Waals surface area contributed by atoms with E-state index in [1.165, 1.54) is 66.8 Å². The van der Waals surface area contributed by atoms with Gasteiger partial charge in [-0.1, -0.05) is 133 Å². The van der Waals surface area contributed by atoms with Crippen LogP contribution in [0, 0.1) is 20.8 Å². The van der Waals surface area contributed by atoms with Gasteiger partial charge in [0.2, 0.25) is 0 Å². The Balaban J connectivity index is 1.17. The zero-order valence-corrected chi connectivity index (χ0v) is 29.4. The van der Waals surface area contributed by atoms with E-state index in [1.54, 1.807) is 0 Å². The summed E-state index contributed by atoms with van der Waals surface area (Å²) in [4.78, 5) is 14.9. The average Bonchev–Trinajstić information content (AvgIpc) is 3.66. The van der Waals surface area contributed by atoms with E-state index >= 15 is 0 Å². The lowest BCUT2D eigenvalue weighted by molar-refractivity contribution is 0.794. The van der Waals surface area contributed by atoms with Crippen molar-refractivity contribution in [3.05, 3.63) is 197 Å². The number of hydrogen-bond donors (Lipinski definition) is 0. The second-order valence-electron chi connectivity index (χ2n) is 14.1. The van der Waals surface area contributed by atoms with E-state index in [0.717, 1.165) is 39.6 Å². The highest BCUT2D eigenvalue weighted by atomic mass is 14.9. The number of aryl methyl sites for hydroxylation is 2. The Kier molecular flexibility index (Phi) is 6.74. The normalized spacial score (nSPS) is 14.9. The molecule has 1 spiro atoms. The fourth-order valence-electron chi connectivity index (χ4n) is 8.79. The van der Waals surface area contributed by atoms with Gasteiger partial charge in [-0.15, -0.1) is 0 Å². The van der Waals surface area contributed by atoms with Gasteiger partial charge < -0.3 is 0 Å². The van der Waals surface area contributed by atoms with Crippen molar-refractivity contribution in [2.75, 3.05) is 0 Å². The molecule has 0 bridgehead atoms. The van der Waals surface area contributed by atoms with Gasteiger partial charge in [0.1, 0.15) is 5.82 Å². The molecule has 0 fully saturated rings. The summed E-state index contributed by atoms with van der Waals surface area (Å²) in [5.41, 5.74) is 20.9. The fourth-order valence-corrected chi connectivity index (χ4v) is 8.79. The molecule has 10 rings (SSSR count). The highest BCUT2D eigenvalue weighted by Crippen LogP contribution is 2.64. The lowest BCUT2D eigenvalue weighted by Crippen LogP contribution is -2.25. The van der Waals surface area contributed by atoms with Gasteiger partial charge in [0, 0.05) is 22.9 Å². The summed E-state index contributed by atoms with van der Waals surface area (Å²) in [6.45, 7) is 6.33.